The number of aryl methyl sites for hydroxylation is 1. The topological polar surface area (TPSA) is 88.1 Å². The van der Waals surface area contributed by atoms with E-state index in [2.05, 4.69) is 4.98 Å². The molecule has 8 nitrogen and oxygen atoms in total. The van der Waals surface area contributed by atoms with Crippen LogP contribution < -0.4 is 16.1 Å². The van der Waals surface area contributed by atoms with Crippen molar-refractivity contribution in [2.24, 2.45) is 14.1 Å². The summed E-state index contributed by atoms with van der Waals surface area (Å²) < 4.78 is 3.08. The van der Waals surface area contributed by atoms with E-state index in [1.165, 1.54) is 31.9 Å². The molecule has 0 aromatic carbocycles. The molecule has 0 aliphatic heterocycles. The molecule has 0 N–H and O–H groups in total. The van der Waals surface area contributed by atoms with Crippen LogP contribution in [0.5, 0.6) is 0 Å². The third-order valence-electron chi connectivity index (χ3n) is 2.34. The Morgan fingerprint density at radius 3 is 2.53 bits per heavy atom. The molecule has 8 heteroatoms. The van der Waals surface area contributed by atoms with Gasteiger partial charge in [-0.05, 0) is 0 Å². The number of carbonyl (C=O) groups is 1. The lowest BCUT2D eigenvalue weighted by atomic mass is 10.5. The Kier molecular flexibility index (Phi) is 2.34. The Morgan fingerprint density at radius 1 is 1.29 bits per heavy atom. The molecule has 0 spiro atoms. The molecule has 90 valence electrons. The molecule has 2 rings (SSSR count). The lowest BCUT2D eigenvalue weighted by Gasteiger charge is -2.04. The maximum Gasteiger partial charge on any atom is 0.332 e. The summed E-state index contributed by atoms with van der Waals surface area (Å²) in [6.07, 6.45) is 1.17. The molecule has 0 fully saturated rings. The monoisotopic (exact) mass is 238 g/mol. The first-order valence-electron chi connectivity index (χ1n) is 4.75. The van der Waals surface area contributed by atoms with Gasteiger partial charge in [0.2, 0.25) is 0 Å². The number of rotatable bonds is 1. The van der Waals surface area contributed by atoms with Gasteiger partial charge < -0.3 is 4.84 Å². The van der Waals surface area contributed by atoms with Crippen LogP contribution >= 0.6 is 0 Å². The van der Waals surface area contributed by atoms with E-state index in [1.54, 1.807) is 0 Å². The van der Waals surface area contributed by atoms with Crippen LogP contribution in [-0.2, 0) is 18.9 Å². The van der Waals surface area contributed by atoms with Gasteiger partial charge in [-0.25, -0.2) is 14.6 Å². The second-order valence-corrected chi connectivity index (χ2v) is 3.53. The number of aromatic nitrogens is 4. The largest absolute Gasteiger partial charge is 0.335 e. The van der Waals surface area contributed by atoms with E-state index in [9.17, 15) is 14.4 Å². The Hall–Kier alpha value is -2.38. The highest BCUT2D eigenvalue weighted by molar-refractivity contribution is 5.72. The van der Waals surface area contributed by atoms with Gasteiger partial charge in [-0.3, -0.25) is 13.9 Å². The summed E-state index contributed by atoms with van der Waals surface area (Å²) >= 11 is 0. The van der Waals surface area contributed by atoms with Gasteiger partial charge in [0.15, 0.2) is 11.2 Å². The predicted octanol–water partition coefficient (Wildman–Crippen LogP) is -1.59. The van der Waals surface area contributed by atoms with Crippen LogP contribution in [0.25, 0.3) is 11.2 Å². The van der Waals surface area contributed by atoms with Crippen LogP contribution in [0.1, 0.15) is 6.92 Å². The lowest BCUT2D eigenvalue weighted by molar-refractivity contribution is -0.141. The standard InChI is InChI=1S/C9H10N4O4/c1-5(14)17-13-4-10-7-6(13)8(15)12(3)9(16)11(7)2/h4H,1-3H3. The molecule has 0 bridgehead atoms. The number of hydrogen-bond donors (Lipinski definition) is 0. The van der Waals surface area contributed by atoms with Crippen molar-refractivity contribution in [2.75, 3.05) is 0 Å². The normalized spacial score (nSPS) is 10.8. The summed E-state index contributed by atoms with van der Waals surface area (Å²) in [6, 6.07) is 0. The van der Waals surface area contributed by atoms with Crippen LogP contribution in [0.3, 0.4) is 0 Å². The van der Waals surface area contributed by atoms with Crippen molar-refractivity contribution in [3.8, 4) is 0 Å². The van der Waals surface area contributed by atoms with Crippen molar-refractivity contribution in [3.05, 3.63) is 27.2 Å². The fourth-order valence-electron chi connectivity index (χ4n) is 1.53. The minimum atomic E-state index is -0.583. The molecule has 0 saturated carbocycles. The van der Waals surface area contributed by atoms with E-state index >= 15 is 0 Å². The molecule has 0 aliphatic carbocycles. The molecule has 0 atom stereocenters. The highest BCUT2D eigenvalue weighted by atomic mass is 16.7. The van der Waals surface area contributed by atoms with Crippen LogP contribution in [-0.4, -0.2) is 24.8 Å². The van der Waals surface area contributed by atoms with Gasteiger partial charge in [0.1, 0.15) is 6.33 Å². The molecular formula is C9H10N4O4. The van der Waals surface area contributed by atoms with Crippen LogP contribution in [0.4, 0.5) is 0 Å². The lowest BCUT2D eigenvalue weighted by Crippen LogP contribution is -2.38. The van der Waals surface area contributed by atoms with Crippen molar-refractivity contribution in [1.82, 2.24) is 18.8 Å². The molecule has 0 radical (unpaired) electrons. The van der Waals surface area contributed by atoms with Crippen molar-refractivity contribution in [2.45, 2.75) is 6.92 Å². The molecule has 0 amide bonds. The van der Waals surface area contributed by atoms with Crippen LogP contribution in [0, 0.1) is 0 Å². The maximum absolute atomic E-state index is 11.9. The van der Waals surface area contributed by atoms with E-state index in [4.69, 9.17) is 4.84 Å². The van der Waals surface area contributed by atoms with Crippen molar-refractivity contribution in [1.29, 1.82) is 0 Å². The maximum atomic E-state index is 11.9. The predicted molar refractivity (Wildman–Crippen MR) is 57.5 cm³/mol. The summed E-state index contributed by atoms with van der Waals surface area (Å²) in [7, 11) is 2.82. The minimum Gasteiger partial charge on any atom is -0.335 e. The van der Waals surface area contributed by atoms with E-state index in [0.717, 1.165) is 9.30 Å². The Labute approximate surface area is 94.6 Å². The van der Waals surface area contributed by atoms with E-state index in [0.29, 0.717) is 0 Å². The average molecular weight is 238 g/mol. The third-order valence-corrected chi connectivity index (χ3v) is 2.34. The van der Waals surface area contributed by atoms with Gasteiger partial charge in [0, 0.05) is 21.0 Å². The van der Waals surface area contributed by atoms with Gasteiger partial charge in [-0.1, -0.05) is 0 Å². The van der Waals surface area contributed by atoms with Gasteiger partial charge in [0.05, 0.1) is 0 Å². The van der Waals surface area contributed by atoms with Gasteiger partial charge in [0.25, 0.3) is 5.56 Å². The van der Waals surface area contributed by atoms with E-state index < -0.39 is 17.2 Å². The highest BCUT2D eigenvalue weighted by Crippen LogP contribution is 2.03. The highest BCUT2D eigenvalue weighted by Gasteiger charge is 2.15. The number of carbonyl (C=O) groups excluding carboxylic acids is 1. The number of nitrogens with zero attached hydrogens (tertiary/aromatic N) is 4. The van der Waals surface area contributed by atoms with Crippen LogP contribution in [0.15, 0.2) is 15.9 Å². The Morgan fingerprint density at radius 2 is 1.94 bits per heavy atom. The van der Waals surface area contributed by atoms with Crippen molar-refractivity contribution in [3.63, 3.8) is 0 Å². The van der Waals surface area contributed by atoms with E-state index in [-0.39, 0.29) is 11.2 Å². The smallest absolute Gasteiger partial charge is 0.332 e. The first-order chi connectivity index (χ1) is 7.93. The van der Waals surface area contributed by atoms with Gasteiger partial charge in [-0.15, -0.1) is 0 Å². The fraction of sp³-hybridized carbons (Fsp3) is 0.333. The second-order valence-electron chi connectivity index (χ2n) is 3.53. The summed E-state index contributed by atoms with van der Waals surface area (Å²) in [5.74, 6) is -0.583. The SMILES string of the molecule is CC(=O)On1cnc2c1c(=O)n(C)c(=O)n2C. The summed E-state index contributed by atoms with van der Waals surface area (Å²) in [6.45, 7) is 1.21. The first-order valence-corrected chi connectivity index (χ1v) is 4.75. The zero-order chi connectivity index (χ0) is 12.7. The minimum absolute atomic E-state index is 0.0461. The van der Waals surface area contributed by atoms with Gasteiger partial charge in [-0.2, -0.15) is 4.73 Å². The molecule has 0 saturated heterocycles. The zero-order valence-electron chi connectivity index (χ0n) is 9.50. The molecule has 0 aliphatic rings. The quantitative estimate of drug-likeness (QED) is 0.597. The number of hydrogen-bond acceptors (Lipinski definition) is 5. The van der Waals surface area contributed by atoms with Gasteiger partial charge >= 0.3 is 11.7 Å². The molecule has 2 heterocycles. The van der Waals surface area contributed by atoms with Crippen LogP contribution in [0.2, 0.25) is 0 Å². The first kappa shape index (κ1) is 11.1. The Balaban J connectivity index is 2.90. The summed E-state index contributed by atoms with van der Waals surface area (Å²) in [5, 5.41) is 0. The van der Waals surface area contributed by atoms with Crippen molar-refractivity contribution >= 4 is 17.1 Å². The second kappa shape index (κ2) is 3.58. The third kappa shape index (κ3) is 1.53. The fourth-order valence-corrected chi connectivity index (χ4v) is 1.53. The molecule has 2 aromatic heterocycles. The molecule has 2 aromatic rings. The average Bonchev–Trinajstić information content (AvgIpc) is 2.66. The zero-order valence-corrected chi connectivity index (χ0v) is 9.50. The molecular weight excluding hydrogens is 228 g/mol. The molecule has 0 unspecified atom stereocenters. The van der Waals surface area contributed by atoms with Crippen molar-refractivity contribution < 1.29 is 9.63 Å². The summed E-state index contributed by atoms with van der Waals surface area (Å²) in [4.78, 5) is 43.0. The molecule has 17 heavy (non-hydrogen) atoms. The Bertz CT molecular complexity index is 721. The van der Waals surface area contributed by atoms with E-state index in [1.807, 2.05) is 0 Å². The number of imidazole rings is 1. The number of fused-ring (bicyclic) bond motifs is 1. The summed E-state index contributed by atoms with van der Waals surface area (Å²) in [5.41, 5.74) is -0.846.